The minimum Gasteiger partial charge on any atom is -0.300 e. The maximum Gasteiger partial charge on any atom is 0.0336 e. The smallest absolute Gasteiger partial charge is 0.0336 e. The van der Waals surface area contributed by atoms with Crippen LogP contribution in [0.4, 0.5) is 0 Å². The van der Waals surface area contributed by atoms with E-state index in [9.17, 15) is 0 Å². The Labute approximate surface area is 189 Å². The van der Waals surface area contributed by atoms with Crippen molar-refractivity contribution in [1.29, 1.82) is 0 Å². The highest BCUT2D eigenvalue weighted by atomic mass is 35.5. The van der Waals surface area contributed by atoms with Crippen molar-refractivity contribution >= 4 is 11.6 Å². The third-order valence-corrected chi connectivity index (χ3v) is 7.34. The van der Waals surface area contributed by atoms with Crippen LogP contribution in [0.3, 0.4) is 0 Å². The van der Waals surface area contributed by atoms with E-state index in [1.807, 2.05) is 0 Å². The Kier molecular flexibility index (Phi) is 9.75. The second-order valence-electron chi connectivity index (χ2n) is 9.06. The summed E-state index contributed by atoms with van der Waals surface area (Å²) in [7, 11) is 0. The van der Waals surface area contributed by atoms with Crippen LogP contribution in [-0.2, 0) is 12.8 Å². The van der Waals surface area contributed by atoms with E-state index in [0.717, 1.165) is 12.3 Å². The topological polar surface area (TPSA) is 3.24 Å². The molecule has 30 heavy (non-hydrogen) atoms. The molecule has 1 fully saturated rings. The molecule has 164 valence electrons. The number of aryl methyl sites for hydroxylation is 1. The van der Waals surface area contributed by atoms with E-state index in [4.69, 9.17) is 11.6 Å². The summed E-state index contributed by atoms with van der Waals surface area (Å²) in [6, 6.07) is 21.1. The lowest BCUT2D eigenvalue weighted by molar-refractivity contribution is 0.183. The number of nitrogens with zero attached hydrogens (tertiary/aromatic N) is 1. The number of benzene rings is 2. The summed E-state index contributed by atoms with van der Waals surface area (Å²) in [4.78, 5) is 2.73. The van der Waals surface area contributed by atoms with Crippen molar-refractivity contribution in [2.75, 3.05) is 13.1 Å². The van der Waals surface area contributed by atoms with Crippen LogP contribution < -0.4 is 0 Å². The SMILES string of the molecule is CCCN(CCc1ccccc1)C(CC)CCc1ccc(C2CCC(Cl)CC2)cc1. The minimum absolute atomic E-state index is 0.402. The van der Waals surface area contributed by atoms with Crippen LogP contribution in [0.1, 0.15) is 81.4 Å². The molecule has 1 aliphatic carbocycles. The van der Waals surface area contributed by atoms with E-state index in [1.54, 1.807) is 0 Å². The van der Waals surface area contributed by atoms with Gasteiger partial charge in [-0.1, -0.05) is 68.4 Å². The van der Waals surface area contributed by atoms with Crippen LogP contribution in [0.15, 0.2) is 54.6 Å². The number of hydrogen-bond acceptors (Lipinski definition) is 1. The lowest BCUT2D eigenvalue weighted by atomic mass is 9.83. The summed E-state index contributed by atoms with van der Waals surface area (Å²) in [6.45, 7) is 7.02. The zero-order valence-electron chi connectivity index (χ0n) is 19.0. The predicted octanol–water partition coefficient (Wildman–Crippen LogP) is 7.62. The molecular formula is C28H40ClN. The van der Waals surface area contributed by atoms with Crippen LogP contribution in [0, 0.1) is 0 Å². The van der Waals surface area contributed by atoms with Crippen molar-refractivity contribution in [3.63, 3.8) is 0 Å². The summed E-state index contributed by atoms with van der Waals surface area (Å²) >= 11 is 6.28. The molecule has 3 rings (SSSR count). The van der Waals surface area contributed by atoms with Gasteiger partial charge in [0.1, 0.15) is 0 Å². The third-order valence-electron chi connectivity index (χ3n) is 6.90. The largest absolute Gasteiger partial charge is 0.300 e. The second kappa shape index (κ2) is 12.5. The third kappa shape index (κ3) is 7.13. The molecular weight excluding hydrogens is 386 g/mol. The fraction of sp³-hybridized carbons (Fsp3) is 0.571. The van der Waals surface area contributed by atoms with Gasteiger partial charge >= 0.3 is 0 Å². The molecule has 1 aliphatic rings. The van der Waals surface area contributed by atoms with Gasteiger partial charge in [0.15, 0.2) is 0 Å². The monoisotopic (exact) mass is 425 g/mol. The molecule has 2 heteroatoms. The molecule has 0 heterocycles. The molecule has 0 spiro atoms. The summed E-state index contributed by atoms with van der Waals surface area (Å²) in [6.07, 6.45) is 10.9. The molecule has 2 aromatic rings. The number of rotatable bonds is 11. The fourth-order valence-electron chi connectivity index (χ4n) is 5.00. The van der Waals surface area contributed by atoms with Crippen LogP contribution in [-0.4, -0.2) is 29.4 Å². The molecule has 0 amide bonds. The van der Waals surface area contributed by atoms with Gasteiger partial charge in [-0.2, -0.15) is 0 Å². The van der Waals surface area contributed by atoms with Gasteiger partial charge in [0.25, 0.3) is 0 Å². The Morgan fingerprint density at radius 3 is 2.13 bits per heavy atom. The van der Waals surface area contributed by atoms with Crippen molar-refractivity contribution in [2.45, 2.75) is 89.0 Å². The molecule has 1 saturated carbocycles. The van der Waals surface area contributed by atoms with Gasteiger partial charge in [0.05, 0.1) is 0 Å². The number of halogens is 1. The van der Waals surface area contributed by atoms with Crippen molar-refractivity contribution in [3.05, 3.63) is 71.3 Å². The first-order valence-corrected chi connectivity index (χ1v) is 12.6. The van der Waals surface area contributed by atoms with E-state index >= 15 is 0 Å². The van der Waals surface area contributed by atoms with Gasteiger partial charge in [-0.05, 0) is 86.9 Å². The van der Waals surface area contributed by atoms with Crippen molar-refractivity contribution in [1.82, 2.24) is 4.90 Å². The quantitative estimate of drug-likeness (QED) is 0.334. The Balaban J connectivity index is 1.52. The summed E-state index contributed by atoms with van der Waals surface area (Å²) in [5, 5.41) is 0.402. The minimum atomic E-state index is 0.402. The van der Waals surface area contributed by atoms with Crippen LogP contribution in [0.2, 0.25) is 0 Å². The summed E-state index contributed by atoms with van der Waals surface area (Å²) in [5.74, 6) is 0.718. The highest BCUT2D eigenvalue weighted by molar-refractivity contribution is 6.20. The Morgan fingerprint density at radius 1 is 0.833 bits per heavy atom. The van der Waals surface area contributed by atoms with E-state index in [1.165, 1.54) is 81.1 Å². The van der Waals surface area contributed by atoms with Gasteiger partial charge in [-0.25, -0.2) is 0 Å². The average Bonchev–Trinajstić information content (AvgIpc) is 2.79. The molecule has 0 bridgehead atoms. The molecule has 1 atom stereocenters. The van der Waals surface area contributed by atoms with Gasteiger partial charge in [0.2, 0.25) is 0 Å². The molecule has 0 aliphatic heterocycles. The lowest BCUT2D eigenvalue weighted by Crippen LogP contribution is -2.37. The normalized spacial score (nSPS) is 20.4. The van der Waals surface area contributed by atoms with Crippen LogP contribution in [0.25, 0.3) is 0 Å². The maximum absolute atomic E-state index is 6.28. The highest BCUT2D eigenvalue weighted by Crippen LogP contribution is 2.35. The van der Waals surface area contributed by atoms with E-state index < -0.39 is 0 Å². The molecule has 1 unspecified atom stereocenters. The van der Waals surface area contributed by atoms with E-state index in [2.05, 4.69) is 73.3 Å². The Bertz CT molecular complexity index is 703. The van der Waals surface area contributed by atoms with Gasteiger partial charge in [-0.15, -0.1) is 11.6 Å². The highest BCUT2D eigenvalue weighted by Gasteiger charge is 2.21. The molecule has 0 saturated heterocycles. The first kappa shape index (κ1) is 23.4. The molecule has 1 nitrogen and oxygen atoms in total. The van der Waals surface area contributed by atoms with Gasteiger partial charge in [-0.3, -0.25) is 0 Å². The molecule has 0 radical (unpaired) electrons. The number of hydrogen-bond donors (Lipinski definition) is 0. The molecule has 0 N–H and O–H groups in total. The van der Waals surface area contributed by atoms with Crippen molar-refractivity contribution in [2.24, 2.45) is 0 Å². The lowest BCUT2D eigenvalue weighted by Gasteiger charge is -2.31. The predicted molar refractivity (Wildman–Crippen MR) is 132 cm³/mol. The van der Waals surface area contributed by atoms with Gasteiger partial charge < -0.3 is 4.90 Å². The van der Waals surface area contributed by atoms with Crippen LogP contribution >= 0.6 is 11.6 Å². The Morgan fingerprint density at radius 2 is 1.50 bits per heavy atom. The van der Waals surface area contributed by atoms with Gasteiger partial charge in [0, 0.05) is 18.0 Å². The molecule has 0 aromatic heterocycles. The van der Waals surface area contributed by atoms with Crippen molar-refractivity contribution in [3.8, 4) is 0 Å². The maximum atomic E-state index is 6.28. The van der Waals surface area contributed by atoms with Crippen molar-refractivity contribution < 1.29 is 0 Å². The second-order valence-corrected chi connectivity index (χ2v) is 9.68. The zero-order chi connectivity index (χ0) is 21.2. The standard InChI is InChI=1S/C28H40ClN/c1-3-21-30(22-20-23-8-6-5-7-9-23)28(4-2)19-12-24-10-13-25(14-11-24)26-15-17-27(29)18-16-26/h5-11,13-14,26-28H,3-4,12,15-22H2,1-2H3. The van der Waals surface area contributed by atoms with Crippen LogP contribution in [0.5, 0.6) is 0 Å². The summed E-state index contributed by atoms with van der Waals surface area (Å²) in [5.41, 5.74) is 4.46. The summed E-state index contributed by atoms with van der Waals surface area (Å²) < 4.78 is 0. The zero-order valence-corrected chi connectivity index (χ0v) is 19.8. The van der Waals surface area contributed by atoms with E-state index in [-0.39, 0.29) is 0 Å². The van der Waals surface area contributed by atoms with E-state index in [0.29, 0.717) is 11.4 Å². The fourth-order valence-corrected chi connectivity index (χ4v) is 5.25. The number of alkyl halides is 1. The average molecular weight is 426 g/mol. The first-order chi connectivity index (χ1) is 14.7. The first-order valence-electron chi connectivity index (χ1n) is 12.2. The molecule has 2 aromatic carbocycles. The Hall–Kier alpha value is -1.31.